The summed E-state index contributed by atoms with van der Waals surface area (Å²) in [7, 11) is 0. The van der Waals surface area contributed by atoms with E-state index in [4.69, 9.17) is 10.1 Å². The molecular weight excluding hydrogens is 372 g/mol. The second kappa shape index (κ2) is 7.22. The molecule has 5 fully saturated rings. The molecule has 1 saturated heterocycles. The summed E-state index contributed by atoms with van der Waals surface area (Å²) >= 11 is 0. The van der Waals surface area contributed by atoms with E-state index in [1.54, 1.807) is 0 Å². The van der Waals surface area contributed by atoms with Crippen molar-refractivity contribution in [2.75, 3.05) is 18.1 Å². The summed E-state index contributed by atoms with van der Waals surface area (Å²) in [6, 6.07) is 4.87. The minimum Gasteiger partial charge on any atom is -0.396 e. The molecule has 1 atom stereocenters. The van der Waals surface area contributed by atoms with Gasteiger partial charge in [0.2, 0.25) is 0 Å². The third-order valence-electron chi connectivity index (χ3n) is 8.69. The quantitative estimate of drug-likeness (QED) is 0.789. The number of nitrogens with zero attached hydrogens (tertiary/aromatic N) is 4. The van der Waals surface area contributed by atoms with Gasteiger partial charge in [-0.3, -0.25) is 0 Å². The molecule has 7 rings (SSSR count). The number of anilines is 1. The maximum absolute atomic E-state index is 9.58. The zero-order chi connectivity index (χ0) is 20.3. The van der Waals surface area contributed by atoms with Crippen LogP contribution in [0.1, 0.15) is 75.6 Å². The molecule has 1 N–H and O–H groups in total. The van der Waals surface area contributed by atoms with E-state index in [-0.39, 0.29) is 6.61 Å². The third-order valence-corrected chi connectivity index (χ3v) is 8.69. The Bertz CT molecular complexity index is 897. The Hall–Kier alpha value is -1.62. The van der Waals surface area contributed by atoms with Gasteiger partial charge in [-0.05, 0) is 101 Å². The summed E-state index contributed by atoms with van der Waals surface area (Å²) < 4.78 is 2.11. The van der Waals surface area contributed by atoms with Gasteiger partial charge in [0.05, 0.1) is 5.69 Å². The van der Waals surface area contributed by atoms with Gasteiger partial charge < -0.3 is 10.0 Å². The molecule has 5 heteroatoms. The number of fused-ring (bicyclic) bond motifs is 1. The molecule has 5 aliphatic rings. The van der Waals surface area contributed by atoms with Crippen molar-refractivity contribution in [1.29, 1.82) is 0 Å². The molecule has 4 bridgehead atoms. The van der Waals surface area contributed by atoms with Crippen molar-refractivity contribution in [3.05, 3.63) is 23.5 Å². The van der Waals surface area contributed by atoms with E-state index in [9.17, 15) is 5.11 Å². The largest absolute Gasteiger partial charge is 0.396 e. The Morgan fingerprint density at radius 1 is 1.07 bits per heavy atom. The highest BCUT2D eigenvalue weighted by Crippen LogP contribution is 2.61. The lowest BCUT2D eigenvalue weighted by atomic mass is 9.48. The molecule has 0 amide bonds. The lowest BCUT2D eigenvalue weighted by Gasteiger charge is -2.56. The first-order valence-electron chi connectivity index (χ1n) is 12.3. The maximum Gasteiger partial charge on any atom is 0.157 e. The van der Waals surface area contributed by atoms with Crippen LogP contribution in [0.5, 0.6) is 0 Å². The first-order chi connectivity index (χ1) is 14.6. The molecule has 0 spiro atoms. The topological polar surface area (TPSA) is 53.7 Å². The van der Waals surface area contributed by atoms with Crippen molar-refractivity contribution >= 4 is 11.5 Å². The number of hydrogen-bond acceptors (Lipinski definition) is 4. The van der Waals surface area contributed by atoms with Gasteiger partial charge in [0.25, 0.3) is 0 Å². The predicted octanol–water partition coefficient (Wildman–Crippen LogP) is 4.54. The fourth-order valence-corrected chi connectivity index (χ4v) is 8.06. The zero-order valence-electron chi connectivity index (χ0n) is 18.4. The van der Waals surface area contributed by atoms with Crippen LogP contribution in [-0.4, -0.2) is 38.9 Å². The van der Waals surface area contributed by atoms with Crippen LogP contribution in [0.2, 0.25) is 0 Å². The van der Waals surface area contributed by atoms with Crippen molar-refractivity contribution < 1.29 is 5.11 Å². The molecule has 5 nitrogen and oxygen atoms in total. The van der Waals surface area contributed by atoms with Crippen LogP contribution in [0.4, 0.5) is 5.82 Å². The van der Waals surface area contributed by atoms with Gasteiger partial charge in [0.15, 0.2) is 5.65 Å². The molecule has 2 aromatic rings. The molecule has 4 saturated carbocycles. The third kappa shape index (κ3) is 3.24. The summed E-state index contributed by atoms with van der Waals surface area (Å²) in [5, 5.41) is 14.7. The minimum atomic E-state index is 0.255. The molecule has 3 heterocycles. The van der Waals surface area contributed by atoms with Crippen LogP contribution in [0.3, 0.4) is 0 Å². The van der Waals surface area contributed by atoms with E-state index < -0.39 is 0 Å². The molecule has 30 heavy (non-hydrogen) atoms. The van der Waals surface area contributed by atoms with Gasteiger partial charge in [0.1, 0.15) is 5.82 Å². The second-order valence-electron chi connectivity index (χ2n) is 11.1. The monoisotopic (exact) mass is 408 g/mol. The molecular formula is C25H36N4O. The average molecular weight is 409 g/mol. The smallest absolute Gasteiger partial charge is 0.157 e. The van der Waals surface area contributed by atoms with E-state index >= 15 is 0 Å². The Morgan fingerprint density at radius 2 is 1.80 bits per heavy atom. The van der Waals surface area contributed by atoms with E-state index in [0.717, 1.165) is 54.9 Å². The minimum absolute atomic E-state index is 0.255. The predicted molar refractivity (Wildman–Crippen MR) is 119 cm³/mol. The average Bonchev–Trinajstić information content (AvgIpc) is 3.08. The summed E-state index contributed by atoms with van der Waals surface area (Å²) in [6.07, 6.45) is 14.4. The number of aliphatic hydroxyl groups is 1. The summed E-state index contributed by atoms with van der Waals surface area (Å²) in [4.78, 5) is 7.33. The van der Waals surface area contributed by atoms with Crippen LogP contribution in [0, 0.1) is 30.1 Å². The highest BCUT2D eigenvalue weighted by Gasteiger charge is 2.50. The van der Waals surface area contributed by atoms with E-state index in [0.29, 0.717) is 11.5 Å². The Morgan fingerprint density at radius 3 is 2.50 bits per heavy atom. The summed E-state index contributed by atoms with van der Waals surface area (Å²) in [5.41, 5.74) is 3.81. The molecule has 2 aromatic heterocycles. The van der Waals surface area contributed by atoms with Crippen molar-refractivity contribution in [2.45, 2.75) is 83.6 Å². The first-order valence-corrected chi connectivity index (χ1v) is 12.3. The van der Waals surface area contributed by atoms with Crippen LogP contribution in [0.25, 0.3) is 5.65 Å². The van der Waals surface area contributed by atoms with Gasteiger partial charge in [-0.25, -0.2) is 4.98 Å². The number of aryl methyl sites for hydroxylation is 1. The van der Waals surface area contributed by atoms with Crippen LogP contribution in [-0.2, 0) is 6.42 Å². The standard InChI is InChI=1S/C25H36N4O/c1-17-8-24(28-6-3-2-4-22(28)5-7-30)29-23(26-17)12-21(27-29)16-25-13-18-9-19(14-25)11-20(10-18)15-25/h8,12,18-20,22,30H,2-7,9-11,13-16H2,1H3. The van der Waals surface area contributed by atoms with Crippen molar-refractivity contribution in [3.63, 3.8) is 0 Å². The molecule has 1 unspecified atom stereocenters. The van der Waals surface area contributed by atoms with E-state index in [1.165, 1.54) is 62.9 Å². The number of piperidine rings is 1. The fraction of sp³-hybridized carbons (Fsp3) is 0.760. The molecule has 1 aliphatic heterocycles. The van der Waals surface area contributed by atoms with E-state index in [2.05, 4.69) is 28.5 Å². The highest BCUT2D eigenvalue weighted by molar-refractivity contribution is 5.53. The lowest BCUT2D eigenvalue weighted by Crippen LogP contribution is -2.47. The van der Waals surface area contributed by atoms with E-state index in [1.807, 2.05) is 0 Å². The fourth-order valence-electron chi connectivity index (χ4n) is 8.06. The molecule has 162 valence electrons. The van der Waals surface area contributed by atoms with Crippen molar-refractivity contribution in [2.24, 2.45) is 23.2 Å². The number of hydrogen-bond donors (Lipinski definition) is 1. The maximum atomic E-state index is 9.58. The number of aliphatic hydroxyl groups excluding tert-OH is 1. The van der Waals surface area contributed by atoms with Gasteiger partial charge in [0, 0.05) is 37.0 Å². The Labute approximate surface area is 179 Å². The van der Waals surface area contributed by atoms with Crippen LogP contribution < -0.4 is 4.90 Å². The van der Waals surface area contributed by atoms with Gasteiger partial charge in [-0.1, -0.05) is 0 Å². The summed E-state index contributed by atoms with van der Waals surface area (Å²) in [5.74, 6) is 4.12. The Balaban J connectivity index is 1.34. The normalized spacial score (nSPS) is 35.5. The van der Waals surface area contributed by atoms with Crippen molar-refractivity contribution in [1.82, 2.24) is 14.6 Å². The zero-order valence-corrected chi connectivity index (χ0v) is 18.4. The molecule has 0 radical (unpaired) electrons. The van der Waals surface area contributed by atoms with Gasteiger partial charge in [-0.2, -0.15) is 9.61 Å². The first kappa shape index (κ1) is 19.1. The molecule has 0 aromatic carbocycles. The highest BCUT2D eigenvalue weighted by atomic mass is 16.3. The molecule has 4 aliphatic carbocycles. The number of aromatic nitrogens is 3. The van der Waals surface area contributed by atoms with Crippen LogP contribution >= 0.6 is 0 Å². The van der Waals surface area contributed by atoms with Crippen molar-refractivity contribution in [3.8, 4) is 0 Å². The lowest BCUT2D eigenvalue weighted by molar-refractivity contribution is -0.0526. The SMILES string of the molecule is Cc1cc(N2CCCCC2CCO)n2nc(CC34CC5CC(CC(C5)C3)C4)cc2n1. The van der Waals surface area contributed by atoms with Crippen LogP contribution in [0.15, 0.2) is 12.1 Å². The second-order valence-corrected chi connectivity index (χ2v) is 11.1. The Kier molecular flexibility index (Phi) is 4.59. The summed E-state index contributed by atoms with van der Waals surface area (Å²) in [6.45, 7) is 3.40. The van der Waals surface area contributed by atoms with Gasteiger partial charge >= 0.3 is 0 Å². The number of rotatable bonds is 5. The van der Waals surface area contributed by atoms with Gasteiger partial charge in [-0.15, -0.1) is 0 Å².